The molecule has 4 nitrogen and oxygen atoms in total. The SMILES string of the molecule is CCn1c(N)cc(Cl)nc1=N. The molecule has 0 saturated carbocycles. The lowest BCUT2D eigenvalue weighted by molar-refractivity contribution is 0.681. The Labute approximate surface area is 69.1 Å². The fourth-order valence-electron chi connectivity index (χ4n) is 0.848. The number of nitrogen functional groups attached to an aromatic ring is 1. The van der Waals surface area contributed by atoms with Gasteiger partial charge in [-0.05, 0) is 6.92 Å². The summed E-state index contributed by atoms with van der Waals surface area (Å²) in [6.45, 7) is 2.53. The van der Waals surface area contributed by atoms with E-state index in [-0.39, 0.29) is 10.8 Å². The first-order valence-electron chi connectivity index (χ1n) is 3.22. The van der Waals surface area contributed by atoms with Crippen LogP contribution in [0.15, 0.2) is 6.07 Å². The summed E-state index contributed by atoms with van der Waals surface area (Å²) in [5.74, 6) is 0.470. The predicted octanol–water partition coefficient (Wildman–Crippen LogP) is 0.618. The number of hydrogen-bond acceptors (Lipinski definition) is 3. The van der Waals surface area contributed by atoms with Gasteiger partial charge in [0.1, 0.15) is 11.0 Å². The largest absolute Gasteiger partial charge is 0.385 e. The summed E-state index contributed by atoms with van der Waals surface area (Å²) in [4.78, 5) is 3.72. The second-order valence-electron chi connectivity index (χ2n) is 2.07. The number of anilines is 1. The van der Waals surface area contributed by atoms with E-state index in [1.165, 1.54) is 6.07 Å². The number of hydrogen-bond donors (Lipinski definition) is 2. The summed E-state index contributed by atoms with van der Waals surface area (Å²) < 4.78 is 1.56. The number of rotatable bonds is 1. The van der Waals surface area contributed by atoms with Crippen molar-refractivity contribution in [2.24, 2.45) is 0 Å². The molecule has 0 aromatic carbocycles. The third kappa shape index (κ3) is 1.51. The molecule has 0 atom stereocenters. The first-order chi connectivity index (χ1) is 5.15. The molecule has 0 unspecified atom stereocenters. The number of nitrogens with zero attached hydrogens (tertiary/aromatic N) is 2. The van der Waals surface area contributed by atoms with E-state index in [1.54, 1.807) is 4.57 Å². The van der Waals surface area contributed by atoms with E-state index in [2.05, 4.69) is 4.98 Å². The van der Waals surface area contributed by atoms with Crippen LogP contribution in [0.3, 0.4) is 0 Å². The lowest BCUT2D eigenvalue weighted by atomic mass is 10.5. The summed E-state index contributed by atoms with van der Waals surface area (Å²) in [5, 5.41) is 7.60. The molecule has 0 fully saturated rings. The third-order valence-electron chi connectivity index (χ3n) is 1.36. The smallest absolute Gasteiger partial charge is 0.224 e. The Morgan fingerprint density at radius 3 is 2.91 bits per heavy atom. The normalized spacial score (nSPS) is 10.0. The highest BCUT2D eigenvalue weighted by Crippen LogP contribution is 2.05. The Bertz CT molecular complexity index is 317. The van der Waals surface area contributed by atoms with Crippen LogP contribution in [0.1, 0.15) is 6.92 Å². The zero-order valence-corrected chi connectivity index (χ0v) is 6.89. The van der Waals surface area contributed by atoms with Gasteiger partial charge in [-0.15, -0.1) is 0 Å². The molecule has 0 radical (unpaired) electrons. The molecule has 1 rings (SSSR count). The Balaban J connectivity index is 3.37. The van der Waals surface area contributed by atoms with Crippen LogP contribution >= 0.6 is 11.6 Å². The zero-order chi connectivity index (χ0) is 8.43. The third-order valence-corrected chi connectivity index (χ3v) is 1.56. The van der Waals surface area contributed by atoms with E-state index in [1.807, 2.05) is 6.92 Å². The van der Waals surface area contributed by atoms with Gasteiger partial charge in [0.25, 0.3) is 0 Å². The van der Waals surface area contributed by atoms with Gasteiger partial charge in [0, 0.05) is 12.6 Å². The lowest BCUT2D eigenvalue weighted by Crippen LogP contribution is -2.24. The van der Waals surface area contributed by atoms with E-state index in [9.17, 15) is 0 Å². The van der Waals surface area contributed by atoms with Crippen molar-refractivity contribution in [3.05, 3.63) is 16.8 Å². The minimum absolute atomic E-state index is 0.0949. The summed E-state index contributed by atoms with van der Waals surface area (Å²) in [6, 6.07) is 1.53. The summed E-state index contributed by atoms with van der Waals surface area (Å²) >= 11 is 5.55. The molecular weight excluding hydrogens is 164 g/mol. The minimum Gasteiger partial charge on any atom is -0.385 e. The molecule has 60 valence electrons. The number of aromatic nitrogens is 2. The van der Waals surface area contributed by atoms with E-state index in [4.69, 9.17) is 22.7 Å². The maximum absolute atomic E-state index is 7.34. The first kappa shape index (κ1) is 8.07. The maximum Gasteiger partial charge on any atom is 0.224 e. The molecule has 5 heteroatoms. The predicted molar refractivity (Wildman–Crippen MR) is 43.2 cm³/mol. The van der Waals surface area contributed by atoms with E-state index in [0.717, 1.165) is 0 Å². The highest BCUT2D eigenvalue weighted by molar-refractivity contribution is 6.29. The molecule has 1 heterocycles. The van der Waals surface area contributed by atoms with Crippen molar-refractivity contribution in [1.82, 2.24) is 9.55 Å². The molecule has 11 heavy (non-hydrogen) atoms. The van der Waals surface area contributed by atoms with Crippen LogP contribution in [-0.2, 0) is 6.54 Å². The van der Waals surface area contributed by atoms with E-state index in [0.29, 0.717) is 12.4 Å². The molecule has 0 aliphatic carbocycles. The van der Waals surface area contributed by atoms with Gasteiger partial charge >= 0.3 is 0 Å². The summed E-state index contributed by atoms with van der Waals surface area (Å²) in [6.07, 6.45) is 0. The highest BCUT2D eigenvalue weighted by Gasteiger charge is 1.98. The van der Waals surface area contributed by atoms with Gasteiger partial charge in [-0.3, -0.25) is 9.98 Å². The van der Waals surface area contributed by atoms with Crippen LogP contribution in [0.4, 0.5) is 5.82 Å². The lowest BCUT2D eigenvalue weighted by Gasteiger charge is -2.05. The van der Waals surface area contributed by atoms with Crippen molar-refractivity contribution in [2.75, 3.05) is 5.73 Å². The van der Waals surface area contributed by atoms with Gasteiger partial charge in [-0.25, -0.2) is 4.98 Å². The van der Waals surface area contributed by atoms with Gasteiger partial charge < -0.3 is 5.73 Å². The van der Waals surface area contributed by atoms with E-state index >= 15 is 0 Å². The van der Waals surface area contributed by atoms with Crippen LogP contribution in [0, 0.1) is 5.41 Å². The Morgan fingerprint density at radius 2 is 2.45 bits per heavy atom. The number of nitrogens with two attached hydrogens (primary N) is 1. The molecule has 0 amide bonds. The van der Waals surface area contributed by atoms with Crippen LogP contribution in [0.25, 0.3) is 0 Å². The topological polar surface area (TPSA) is 67.7 Å². The second kappa shape index (κ2) is 2.92. The van der Waals surface area contributed by atoms with Gasteiger partial charge in [0.05, 0.1) is 0 Å². The number of nitrogens with one attached hydrogen (secondary N) is 1. The van der Waals surface area contributed by atoms with Gasteiger partial charge in [-0.2, -0.15) is 0 Å². The van der Waals surface area contributed by atoms with Gasteiger partial charge in [0.2, 0.25) is 5.62 Å². The van der Waals surface area contributed by atoms with Crippen LogP contribution in [0.5, 0.6) is 0 Å². The molecular formula is C6H9ClN4. The summed E-state index contributed by atoms with van der Waals surface area (Å²) in [5.41, 5.74) is 5.65. The van der Waals surface area contributed by atoms with Crippen LogP contribution in [-0.4, -0.2) is 9.55 Å². The average molecular weight is 173 g/mol. The fourth-order valence-corrected chi connectivity index (χ4v) is 1.04. The molecule has 1 aromatic rings. The summed E-state index contributed by atoms with van der Waals surface area (Å²) in [7, 11) is 0. The molecule has 0 aliphatic rings. The van der Waals surface area contributed by atoms with Crippen LogP contribution < -0.4 is 11.4 Å². The van der Waals surface area contributed by atoms with Gasteiger partial charge in [0.15, 0.2) is 0 Å². The Hall–Kier alpha value is -1.03. The zero-order valence-electron chi connectivity index (χ0n) is 6.13. The quantitative estimate of drug-likeness (QED) is 0.610. The second-order valence-corrected chi connectivity index (χ2v) is 2.46. The average Bonchev–Trinajstić information content (AvgIpc) is 1.85. The highest BCUT2D eigenvalue weighted by atomic mass is 35.5. The van der Waals surface area contributed by atoms with E-state index < -0.39 is 0 Å². The molecule has 0 spiro atoms. The molecule has 0 aliphatic heterocycles. The number of halogens is 1. The van der Waals surface area contributed by atoms with Crippen molar-refractivity contribution < 1.29 is 0 Å². The molecule has 1 aromatic heterocycles. The molecule has 3 N–H and O–H groups in total. The van der Waals surface area contributed by atoms with Crippen molar-refractivity contribution in [3.63, 3.8) is 0 Å². The Kier molecular flexibility index (Phi) is 2.14. The molecule has 0 saturated heterocycles. The molecule has 0 bridgehead atoms. The van der Waals surface area contributed by atoms with Gasteiger partial charge in [-0.1, -0.05) is 11.6 Å². The Morgan fingerprint density at radius 1 is 1.82 bits per heavy atom. The first-order valence-corrected chi connectivity index (χ1v) is 3.60. The van der Waals surface area contributed by atoms with Crippen molar-refractivity contribution in [3.8, 4) is 0 Å². The minimum atomic E-state index is 0.0949. The maximum atomic E-state index is 7.34. The standard InChI is InChI=1S/C6H9ClN4/c1-2-11-5(8)3-4(7)10-6(11)9/h3,9H,2,8H2,1H3. The van der Waals surface area contributed by atoms with Crippen LogP contribution in [0.2, 0.25) is 5.15 Å². The van der Waals surface area contributed by atoms with Crippen molar-refractivity contribution in [1.29, 1.82) is 5.41 Å². The monoisotopic (exact) mass is 172 g/mol. The van der Waals surface area contributed by atoms with Crippen molar-refractivity contribution >= 4 is 17.4 Å². The van der Waals surface area contributed by atoms with Crippen molar-refractivity contribution in [2.45, 2.75) is 13.5 Å². The fraction of sp³-hybridized carbons (Fsp3) is 0.333.